The van der Waals surface area contributed by atoms with Gasteiger partial charge in [-0.1, -0.05) is 182 Å². The normalized spacial score (nSPS) is 29.5. The van der Waals surface area contributed by atoms with Gasteiger partial charge in [-0.25, -0.2) is 0 Å². The molecule has 25 heteroatoms. The highest BCUT2D eigenvalue weighted by molar-refractivity contribution is 5.81. The lowest BCUT2D eigenvalue weighted by Gasteiger charge is -2.49. The molecule has 4 aliphatic rings. The lowest BCUT2D eigenvalue weighted by atomic mass is 9.82. The Kier molecular flexibility index (Phi) is 25.0. The van der Waals surface area contributed by atoms with Gasteiger partial charge in [0.2, 0.25) is 35.4 Å². The second-order valence-electron chi connectivity index (χ2n) is 24.4. The van der Waals surface area contributed by atoms with Gasteiger partial charge in [-0.3, -0.25) is 28.8 Å². The minimum absolute atomic E-state index is 0.0426. The predicted octanol–water partition coefficient (Wildman–Crippen LogP) is -0.494. The van der Waals surface area contributed by atoms with E-state index in [9.17, 15) is 64.5 Å². The summed E-state index contributed by atoms with van der Waals surface area (Å²) >= 11 is 0. The van der Waals surface area contributed by atoms with Crippen molar-refractivity contribution in [2.75, 3.05) is 19.7 Å². The monoisotopic (exact) mass is 1320 g/mol. The number of rotatable bonds is 27. The van der Waals surface area contributed by atoms with Gasteiger partial charge in [-0.05, 0) is 39.8 Å². The molecule has 6 aromatic carbocycles. The van der Waals surface area contributed by atoms with Gasteiger partial charge in [0.1, 0.15) is 85.3 Å². The first kappa shape index (κ1) is 70.4. The summed E-state index contributed by atoms with van der Waals surface area (Å²) in [6.45, 7) is -1.67. The number of hydrogen-bond donors (Lipinski definition) is 13. The van der Waals surface area contributed by atoms with Gasteiger partial charge < -0.3 is 96.1 Å². The number of aliphatic hydroxyl groups is 7. The molecular formula is C71H82N6O19. The van der Waals surface area contributed by atoms with E-state index in [2.05, 4.69) is 31.9 Å². The van der Waals surface area contributed by atoms with Crippen LogP contribution >= 0.6 is 0 Å². The summed E-state index contributed by atoms with van der Waals surface area (Å²) in [5.41, 5.74) is 3.76. The van der Waals surface area contributed by atoms with Crippen LogP contribution in [0, 0.1) is 0 Å². The molecule has 1 saturated carbocycles. The van der Waals surface area contributed by atoms with Gasteiger partial charge >= 0.3 is 0 Å². The molecule has 25 nitrogen and oxygen atoms in total. The van der Waals surface area contributed by atoms with Crippen LogP contribution in [0.3, 0.4) is 0 Å². The Morgan fingerprint density at radius 3 is 0.990 bits per heavy atom. The van der Waals surface area contributed by atoms with E-state index in [1.165, 1.54) is 0 Å². The van der Waals surface area contributed by atoms with Crippen molar-refractivity contribution in [3.63, 3.8) is 0 Å². The zero-order valence-electron chi connectivity index (χ0n) is 52.4. The van der Waals surface area contributed by atoms with Gasteiger partial charge in [-0.15, -0.1) is 0 Å². The summed E-state index contributed by atoms with van der Waals surface area (Å²) in [6.07, 6.45) is -27.4. The number of benzene rings is 6. The highest BCUT2D eigenvalue weighted by Crippen LogP contribution is 2.36. The van der Waals surface area contributed by atoms with E-state index in [1.807, 2.05) is 0 Å². The molecule has 510 valence electrons. The molecule has 96 heavy (non-hydrogen) atoms. The predicted molar refractivity (Wildman–Crippen MR) is 343 cm³/mol. The Bertz CT molecular complexity index is 3460. The van der Waals surface area contributed by atoms with Crippen LogP contribution in [0.2, 0.25) is 0 Å². The maximum atomic E-state index is 14.4. The van der Waals surface area contributed by atoms with Crippen molar-refractivity contribution in [3.05, 3.63) is 215 Å². The van der Waals surface area contributed by atoms with E-state index >= 15 is 0 Å². The van der Waals surface area contributed by atoms with Crippen LogP contribution in [0.15, 0.2) is 182 Å². The number of ether oxygens (including phenoxy) is 6. The van der Waals surface area contributed by atoms with Gasteiger partial charge in [0.25, 0.3) is 0 Å². The summed E-state index contributed by atoms with van der Waals surface area (Å²) < 4.78 is 39.0. The highest BCUT2D eigenvalue weighted by atomic mass is 16.8. The fourth-order valence-electron chi connectivity index (χ4n) is 12.4. The third-order valence-corrected chi connectivity index (χ3v) is 17.3. The molecule has 0 spiro atoms. The molecule has 0 aromatic heterocycles. The summed E-state index contributed by atoms with van der Waals surface area (Å²) in [5.74, 6) is -3.36. The van der Waals surface area contributed by atoms with Crippen molar-refractivity contribution in [2.24, 2.45) is 0 Å². The maximum Gasteiger partial charge on any atom is 0.224 e. The molecule has 10 rings (SSSR count). The second-order valence-corrected chi connectivity index (χ2v) is 24.4. The largest absolute Gasteiger partial charge is 0.394 e. The second kappa shape index (κ2) is 34.0. The summed E-state index contributed by atoms with van der Waals surface area (Å²) in [4.78, 5) is 82.9. The standard InChI is InChI=1S/C71H82N6O19/c78-40-51-67(95-70-59(77-57(84)36-46-29-17-6-18-30-46)64(89)62(87)50(92-70)39-73-53(80)32-42-21-9-2-10-22-42)65(90)71(93-51)96-68-60(85)47(74-54(81)33-43-23-11-3-12-24-43)37-48(75-55(82)34-44-25-13-4-14-26-44)66(68)94-69-58(76-56(83)35-45-27-15-5-16-28-45)63(88)61(86)49(91-69)38-72-52(79)31-41-19-7-1-8-20-41/h1-30,47-51,58-71,78,85-90H,31-40H2,(H,72,79)(H,73,80)(H,74,81)(H,75,82)(H,76,83)(H,77,84)/t47-,48+,49-,50+,51-,58-,59-,60+,61-,62-,63-,64-,65-,66-,67-,68-,69-,70-,71+/m1/s1. The average Bonchev–Trinajstić information content (AvgIpc) is 1.27. The minimum Gasteiger partial charge on any atom is -0.394 e. The highest BCUT2D eigenvalue weighted by Gasteiger charge is 2.57. The van der Waals surface area contributed by atoms with Gasteiger partial charge in [0, 0.05) is 13.1 Å². The van der Waals surface area contributed by atoms with E-state index in [-0.39, 0.29) is 51.5 Å². The van der Waals surface area contributed by atoms with Crippen molar-refractivity contribution < 1.29 is 92.9 Å². The molecule has 0 radical (unpaired) electrons. The lowest BCUT2D eigenvalue weighted by Crippen LogP contribution is -2.70. The Hall–Kier alpha value is -8.38. The molecule has 4 fully saturated rings. The first-order chi connectivity index (χ1) is 46.5. The van der Waals surface area contributed by atoms with Crippen LogP contribution in [0.1, 0.15) is 39.8 Å². The van der Waals surface area contributed by atoms with Crippen molar-refractivity contribution in [2.45, 2.75) is 161 Å². The Morgan fingerprint density at radius 2 is 0.635 bits per heavy atom. The quantitative estimate of drug-likeness (QED) is 0.0309. The van der Waals surface area contributed by atoms with Gasteiger partial charge in [0.15, 0.2) is 18.9 Å². The summed E-state index contributed by atoms with van der Waals surface area (Å²) in [5, 5.41) is 101. The van der Waals surface area contributed by atoms with Crippen LogP contribution in [0.4, 0.5) is 0 Å². The molecule has 3 heterocycles. The number of aliphatic hydroxyl groups excluding tert-OH is 7. The van der Waals surface area contributed by atoms with E-state index in [0.717, 1.165) is 0 Å². The molecule has 6 aromatic rings. The van der Waals surface area contributed by atoms with Crippen molar-refractivity contribution in [1.29, 1.82) is 0 Å². The fraction of sp³-hybridized carbons (Fsp3) is 0.408. The zero-order valence-corrected chi connectivity index (χ0v) is 52.4. The molecular weight excluding hydrogens is 1240 g/mol. The number of carbonyl (C=O) groups is 6. The Morgan fingerprint density at radius 1 is 0.333 bits per heavy atom. The molecule has 3 aliphatic heterocycles. The van der Waals surface area contributed by atoms with Gasteiger partial charge in [0.05, 0.1) is 57.2 Å². The van der Waals surface area contributed by atoms with Crippen molar-refractivity contribution in [1.82, 2.24) is 31.9 Å². The smallest absolute Gasteiger partial charge is 0.224 e. The third kappa shape index (κ3) is 19.0. The minimum atomic E-state index is -2.00. The Labute approximate surface area is 554 Å². The van der Waals surface area contributed by atoms with E-state index < -0.39 is 165 Å². The molecule has 0 bridgehead atoms. The summed E-state index contributed by atoms with van der Waals surface area (Å²) in [7, 11) is 0. The number of amides is 6. The SMILES string of the molecule is O=C(Cc1ccccc1)NC[C@@H]1O[C@H](O[C@H]2[C@@H](O)[C@H](O[C@@H]3[C@@H](O)[C@H](NC(=O)Cc4ccccc4)C[C@H](NC(=O)Cc4ccccc4)[C@H]3O[C@H]3O[C@H](CNC(=O)Cc4ccccc4)[C@@H](O)[C@H](O)[C@H]3NC(=O)Cc3ccccc3)O[C@@H]2CO)[C@H](NC(=O)Cc2ccccc2)[C@@H](O)[C@@H]1O. The summed E-state index contributed by atoms with van der Waals surface area (Å²) in [6, 6.07) is 46.5. The van der Waals surface area contributed by atoms with E-state index in [0.29, 0.717) is 33.4 Å². The van der Waals surface area contributed by atoms with Crippen LogP contribution in [-0.2, 0) is 95.7 Å². The molecule has 3 saturated heterocycles. The number of nitrogens with one attached hydrogen (secondary N) is 6. The fourth-order valence-corrected chi connectivity index (χ4v) is 12.4. The van der Waals surface area contributed by atoms with Crippen molar-refractivity contribution >= 4 is 35.4 Å². The van der Waals surface area contributed by atoms with Gasteiger partial charge in [-0.2, -0.15) is 0 Å². The van der Waals surface area contributed by atoms with Crippen LogP contribution in [0.25, 0.3) is 0 Å². The van der Waals surface area contributed by atoms with Crippen LogP contribution < -0.4 is 31.9 Å². The first-order valence-electron chi connectivity index (χ1n) is 32.0. The topological polar surface area (TPSA) is 372 Å². The molecule has 13 N–H and O–H groups in total. The van der Waals surface area contributed by atoms with Crippen molar-refractivity contribution in [3.8, 4) is 0 Å². The van der Waals surface area contributed by atoms with Crippen LogP contribution in [0.5, 0.6) is 0 Å². The zero-order chi connectivity index (χ0) is 67.7. The molecule has 1 aliphatic carbocycles. The molecule has 0 unspecified atom stereocenters. The average molecular weight is 1320 g/mol. The number of hydrogen-bond acceptors (Lipinski definition) is 19. The third-order valence-electron chi connectivity index (χ3n) is 17.3. The Balaban J connectivity index is 0.975. The van der Waals surface area contributed by atoms with E-state index in [4.69, 9.17) is 28.4 Å². The van der Waals surface area contributed by atoms with Crippen LogP contribution in [-0.4, -0.2) is 207 Å². The molecule has 19 atom stereocenters. The number of carbonyl (C=O) groups excluding carboxylic acids is 6. The lowest BCUT2D eigenvalue weighted by molar-refractivity contribution is -0.311. The van der Waals surface area contributed by atoms with E-state index in [1.54, 1.807) is 182 Å². The maximum absolute atomic E-state index is 14.4. The molecule has 6 amide bonds. The first-order valence-corrected chi connectivity index (χ1v) is 32.0.